The number of carbonyl (C=O) groups excluding carboxylic acids is 1. The smallest absolute Gasteiger partial charge is 0.342 e. The van der Waals surface area contributed by atoms with E-state index in [1.807, 2.05) is 61.9 Å². The van der Waals surface area contributed by atoms with Crippen LogP contribution in [0.3, 0.4) is 0 Å². The molecule has 0 spiro atoms. The van der Waals surface area contributed by atoms with E-state index in [9.17, 15) is 14.9 Å². The van der Waals surface area contributed by atoms with Crippen molar-refractivity contribution in [2.24, 2.45) is 0 Å². The van der Waals surface area contributed by atoms with E-state index in [0.29, 0.717) is 23.8 Å². The van der Waals surface area contributed by atoms with Crippen molar-refractivity contribution >= 4 is 36.5 Å². The van der Waals surface area contributed by atoms with E-state index >= 15 is 0 Å². The summed E-state index contributed by atoms with van der Waals surface area (Å²) < 4.78 is 20.1. The lowest BCUT2D eigenvalue weighted by molar-refractivity contribution is -0.385. The highest BCUT2D eigenvalue weighted by molar-refractivity contribution is 6.76. The lowest BCUT2D eigenvalue weighted by atomic mass is 9.95. The molecule has 272 valence electrons. The molecular formula is C39H51N5O6Si. The average Bonchev–Trinajstić information content (AvgIpc) is 3.34. The van der Waals surface area contributed by atoms with Gasteiger partial charge in [0.15, 0.2) is 0 Å². The molecule has 0 saturated carbocycles. The molecule has 1 aliphatic heterocycles. The van der Waals surface area contributed by atoms with E-state index in [0.717, 1.165) is 92.4 Å². The Morgan fingerprint density at radius 1 is 1.04 bits per heavy atom. The van der Waals surface area contributed by atoms with Crippen molar-refractivity contribution in [2.45, 2.75) is 90.5 Å². The Morgan fingerprint density at radius 3 is 2.55 bits per heavy atom. The van der Waals surface area contributed by atoms with E-state index in [1.54, 1.807) is 18.3 Å². The molecule has 6 rings (SSSR count). The van der Waals surface area contributed by atoms with Crippen LogP contribution in [0.25, 0.3) is 11.0 Å². The number of nitro benzene ring substituents is 1. The molecule has 0 unspecified atom stereocenters. The second-order valence-electron chi connectivity index (χ2n) is 15.9. The van der Waals surface area contributed by atoms with Crippen molar-refractivity contribution in [1.82, 2.24) is 14.5 Å². The zero-order valence-electron chi connectivity index (χ0n) is 30.8. The molecule has 0 radical (unpaired) electrons. The molecule has 0 N–H and O–H groups in total. The molecule has 1 fully saturated rings. The van der Waals surface area contributed by atoms with Gasteiger partial charge in [-0.15, -0.1) is 0 Å². The van der Waals surface area contributed by atoms with E-state index < -0.39 is 19.6 Å². The Morgan fingerprint density at radius 2 is 1.82 bits per heavy atom. The van der Waals surface area contributed by atoms with Gasteiger partial charge in [-0.25, -0.2) is 9.78 Å². The maximum Gasteiger partial charge on any atom is 0.342 e. The van der Waals surface area contributed by atoms with Crippen molar-refractivity contribution in [3.63, 3.8) is 0 Å². The molecule has 3 heterocycles. The van der Waals surface area contributed by atoms with Crippen LogP contribution in [0.1, 0.15) is 67.6 Å². The SMILES string of the molecule is CC(C)(C)OC(=O)c1ccc(N2CCN([C@@H]3CCCCc4c3cccc4[N+](=O)[O-])CC2)cc1Oc1cnc2c(ccn2COCC[Si](C)(C)C)c1. The van der Waals surface area contributed by atoms with Crippen LogP contribution in [-0.4, -0.2) is 71.8 Å². The predicted octanol–water partition coefficient (Wildman–Crippen LogP) is 8.59. The second kappa shape index (κ2) is 15.1. The van der Waals surface area contributed by atoms with Crippen LogP contribution in [-0.2, 0) is 22.6 Å². The summed E-state index contributed by atoms with van der Waals surface area (Å²) in [5.74, 6) is 0.475. The predicted molar refractivity (Wildman–Crippen MR) is 203 cm³/mol. The van der Waals surface area contributed by atoms with Gasteiger partial charge in [0.25, 0.3) is 5.69 Å². The molecule has 1 saturated heterocycles. The summed E-state index contributed by atoms with van der Waals surface area (Å²) in [7, 11) is -1.17. The number of anilines is 1. The van der Waals surface area contributed by atoms with Crippen molar-refractivity contribution < 1.29 is 23.9 Å². The molecular weight excluding hydrogens is 663 g/mol. The third kappa shape index (κ3) is 8.97. The third-order valence-electron chi connectivity index (χ3n) is 9.63. The van der Waals surface area contributed by atoms with Crippen molar-refractivity contribution in [2.75, 3.05) is 37.7 Å². The fourth-order valence-corrected chi connectivity index (χ4v) is 7.75. The molecule has 51 heavy (non-hydrogen) atoms. The van der Waals surface area contributed by atoms with Crippen molar-refractivity contribution in [1.29, 1.82) is 0 Å². The number of esters is 1. The Hall–Kier alpha value is -4.26. The lowest BCUT2D eigenvalue weighted by Gasteiger charge is -2.40. The van der Waals surface area contributed by atoms with Gasteiger partial charge in [-0.2, -0.15) is 0 Å². The molecule has 12 heteroatoms. The molecule has 2 aromatic carbocycles. The Bertz CT molecular complexity index is 1870. The number of ether oxygens (including phenoxy) is 3. The standard InChI is InChI=1S/C39H51N5O6Si/c1-39(2,3)50-38(45)33-15-14-29(25-36(33)49-30-24-28-16-17-43(37(28)40-26-30)27-48-22-23-51(4,5)6)41-18-20-42(21-19-41)34-12-8-7-10-32-31(34)11-9-13-35(32)44(46)47/h9,11,13-17,24-26,34H,7-8,10,12,18-23,27H2,1-6H3/t34-/m1/s1. The number of aromatic nitrogens is 2. The average molecular weight is 714 g/mol. The molecule has 1 aliphatic carbocycles. The largest absolute Gasteiger partial charge is 0.456 e. The summed E-state index contributed by atoms with van der Waals surface area (Å²) in [6.07, 6.45) is 7.39. The Kier molecular flexibility index (Phi) is 10.8. The van der Waals surface area contributed by atoms with E-state index in [1.165, 1.54) is 0 Å². The van der Waals surface area contributed by atoms with Crippen LogP contribution in [0.2, 0.25) is 25.7 Å². The number of pyridine rings is 1. The van der Waals surface area contributed by atoms with Gasteiger partial charge in [0.1, 0.15) is 35.0 Å². The maximum atomic E-state index is 13.4. The van der Waals surface area contributed by atoms with Crippen LogP contribution in [0.5, 0.6) is 11.5 Å². The summed E-state index contributed by atoms with van der Waals surface area (Å²) in [5.41, 5.74) is 3.66. The molecule has 2 aliphatic rings. The van der Waals surface area contributed by atoms with Crippen LogP contribution in [0, 0.1) is 10.1 Å². The van der Waals surface area contributed by atoms with Crippen LogP contribution >= 0.6 is 0 Å². The molecule has 0 bridgehead atoms. The Labute approximate surface area is 301 Å². The minimum absolute atomic E-state index is 0.159. The molecule has 1 atom stereocenters. The van der Waals surface area contributed by atoms with Gasteiger partial charge < -0.3 is 23.7 Å². The van der Waals surface area contributed by atoms with Gasteiger partial charge in [-0.1, -0.05) is 38.2 Å². The second-order valence-corrected chi connectivity index (χ2v) is 21.5. The van der Waals surface area contributed by atoms with Gasteiger partial charge in [-0.3, -0.25) is 15.0 Å². The van der Waals surface area contributed by atoms with Gasteiger partial charge in [0, 0.05) is 81.9 Å². The normalized spacial score (nSPS) is 17.2. The zero-order valence-corrected chi connectivity index (χ0v) is 31.8. The highest BCUT2D eigenvalue weighted by Gasteiger charge is 2.31. The summed E-state index contributed by atoms with van der Waals surface area (Å²) in [5, 5.41) is 12.7. The van der Waals surface area contributed by atoms with Gasteiger partial charge in [-0.05, 0) is 75.9 Å². The number of fused-ring (bicyclic) bond motifs is 2. The first-order valence-corrected chi connectivity index (χ1v) is 21.8. The zero-order chi connectivity index (χ0) is 36.3. The number of hydrogen-bond acceptors (Lipinski definition) is 9. The molecule has 11 nitrogen and oxygen atoms in total. The van der Waals surface area contributed by atoms with E-state index in [2.05, 4.69) is 35.5 Å². The first kappa shape index (κ1) is 36.5. The monoisotopic (exact) mass is 713 g/mol. The van der Waals surface area contributed by atoms with Crippen LogP contribution < -0.4 is 9.64 Å². The van der Waals surface area contributed by atoms with Crippen LogP contribution in [0.4, 0.5) is 11.4 Å². The summed E-state index contributed by atoms with van der Waals surface area (Å²) in [6.45, 7) is 16.9. The number of hydrogen-bond donors (Lipinski definition) is 0. The van der Waals surface area contributed by atoms with Gasteiger partial charge >= 0.3 is 5.97 Å². The number of carbonyl (C=O) groups is 1. The number of nitrogens with zero attached hydrogens (tertiary/aromatic N) is 5. The summed E-state index contributed by atoms with van der Waals surface area (Å²) in [4.78, 5) is 34.4. The molecule has 4 aromatic rings. The topological polar surface area (TPSA) is 112 Å². The third-order valence-corrected chi connectivity index (χ3v) is 11.3. The number of rotatable bonds is 11. The van der Waals surface area contributed by atoms with E-state index in [-0.39, 0.29) is 16.7 Å². The summed E-state index contributed by atoms with van der Waals surface area (Å²) >= 11 is 0. The fourth-order valence-electron chi connectivity index (χ4n) is 6.99. The number of benzene rings is 2. The Balaban J connectivity index is 1.20. The fraction of sp³-hybridized carbons (Fsp3) is 0.487. The van der Waals surface area contributed by atoms with Crippen molar-refractivity contribution in [3.8, 4) is 11.5 Å². The number of nitro groups is 1. The first-order valence-electron chi connectivity index (χ1n) is 18.1. The van der Waals surface area contributed by atoms with E-state index in [4.69, 9.17) is 19.2 Å². The maximum absolute atomic E-state index is 13.4. The highest BCUT2D eigenvalue weighted by atomic mass is 28.3. The minimum atomic E-state index is -1.17. The quantitative estimate of drug-likeness (QED) is 0.0377. The lowest BCUT2D eigenvalue weighted by Crippen LogP contribution is -2.47. The highest BCUT2D eigenvalue weighted by Crippen LogP contribution is 2.39. The van der Waals surface area contributed by atoms with Crippen molar-refractivity contribution in [3.05, 3.63) is 87.7 Å². The molecule has 0 amide bonds. The summed E-state index contributed by atoms with van der Waals surface area (Å²) in [6, 6.07) is 16.4. The van der Waals surface area contributed by atoms with Gasteiger partial charge in [0.05, 0.1) is 11.1 Å². The number of piperazine rings is 1. The molecule has 2 aromatic heterocycles. The first-order chi connectivity index (χ1) is 24.3. The minimum Gasteiger partial charge on any atom is -0.456 e. The van der Waals surface area contributed by atoms with Crippen LogP contribution in [0.15, 0.2) is 60.9 Å². The van der Waals surface area contributed by atoms with Gasteiger partial charge in [0.2, 0.25) is 0 Å².